The quantitative estimate of drug-likeness (QED) is 0.608. The summed E-state index contributed by atoms with van der Waals surface area (Å²) in [5.41, 5.74) is 10.7. The van der Waals surface area contributed by atoms with E-state index < -0.39 is 0 Å². The minimum Gasteiger partial charge on any atom is -0.397 e. The van der Waals surface area contributed by atoms with Crippen LogP contribution in [0.3, 0.4) is 0 Å². The molecule has 0 aromatic heterocycles. The second kappa shape index (κ2) is 5.76. The van der Waals surface area contributed by atoms with Gasteiger partial charge in [-0.25, -0.2) is 0 Å². The van der Waals surface area contributed by atoms with Crippen LogP contribution in [0.2, 0.25) is 0 Å². The van der Waals surface area contributed by atoms with Gasteiger partial charge in [0, 0.05) is 6.54 Å². The maximum Gasteiger partial charge on any atom is 0.0579 e. The van der Waals surface area contributed by atoms with Gasteiger partial charge in [0.15, 0.2) is 0 Å². The first-order valence-electron chi connectivity index (χ1n) is 6.54. The molecule has 2 rings (SSSR count). The van der Waals surface area contributed by atoms with Crippen molar-refractivity contribution in [2.45, 2.75) is 39.0 Å². The summed E-state index contributed by atoms with van der Waals surface area (Å²) < 4.78 is 0. The van der Waals surface area contributed by atoms with Crippen LogP contribution in [0.4, 0.5) is 11.4 Å². The van der Waals surface area contributed by atoms with Crippen LogP contribution in [-0.4, -0.2) is 6.54 Å². The Morgan fingerprint density at radius 3 is 2.94 bits per heavy atom. The first-order chi connectivity index (χ1) is 8.27. The van der Waals surface area contributed by atoms with E-state index in [1.807, 2.05) is 19.1 Å². The molecule has 0 atom stereocenters. The predicted molar refractivity (Wildman–Crippen MR) is 75.2 cm³/mol. The minimum atomic E-state index is 0.880. The lowest BCUT2D eigenvalue weighted by Gasteiger charge is -2.14. The average Bonchev–Trinajstić information content (AvgIpc) is 2.36. The van der Waals surface area contributed by atoms with Crippen LogP contribution >= 0.6 is 0 Å². The molecule has 1 aliphatic carbocycles. The summed E-state index contributed by atoms with van der Waals surface area (Å²) in [6.07, 6.45) is 8.82. The molecule has 0 amide bonds. The van der Waals surface area contributed by atoms with Gasteiger partial charge in [0.2, 0.25) is 0 Å². The van der Waals surface area contributed by atoms with Crippen LogP contribution in [0.5, 0.6) is 0 Å². The second-order valence-corrected chi connectivity index (χ2v) is 4.82. The molecule has 2 nitrogen and oxygen atoms in total. The molecule has 3 N–H and O–H groups in total. The summed E-state index contributed by atoms with van der Waals surface area (Å²) in [5, 5.41) is 3.44. The predicted octanol–water partition coefficient (Wildman–Crippen LogP) is 3.88. The van der Waals surface area contributed by atoms with Gasteiger partial charge in [-0.3, -0.25) is 0 Å². The van der Waals surface area contributed by atoms with Crippen LogP contribution in [0, 0.1) is 6.92 Å². The van der Waals surface area contributed by atoms with Crippen molar-refractivity contribution in [2.75, 3.05) is 17.6 Å². The first kappa shape index (κ1) is 12.0. The normalized spacial score (nSPS) is 15.5. The number of nitrogens with two attached hydrogens (primary N) is 1. The maximum atomic E-state index is 6.02. The summed E-state index contributed by atoms with van der Waals surface area (Å²) >= 11 is 0. The van der Waals surface area contributed by atoms with Gasteiger partial charge in [-0.15, -0.1) is 0 Å². The Hall–Kier alpha value is -1.44. The van der Waals surface area contributed by atoms with E-state index in [4.69, 9.17) is 5.73 Å². The van der Waals surface area contributed by atoms with Crippen molar-refractivity contribution in [1.82, 2.24) is 0 Å². The molecule has 0 saturated carbocycles. The number of rotatable bonds is 4. The Labute approximate surface area is 104 Å². The molecule has 0 heterocycles. The lowest BCUT2D eigenvalue weighted by molar-refractivity contribution is 0.679. The molecule has 1 aromatic rings. The third kappa shape index (κ3) is 3.26. The SMILES string of the molecule is Cc1cccc(NCCC2=CCCCC2)c1N. The molecule has 1 aliphatic rings. The Morgan fingerprint density at radius 2 is 2.18 bits per heavy atom. The van der Waals surface area contributed by atoms with Gasteiger partial charge in [0.1, 0.15) is 0 Å². The summed E-state index contributed by atoms with van der Waals surface area (Å²) in [6.45, 7) is 3.03. The second-order valence-electron chi connectivity index (χ2n) is 4.82. The van der Waals surface area contributed by atoms with Gasteiger partial charge in [-0.1, -0.05) is 23.8 Å². The standard InChI is InChI=1S/C15H22N2/c1-12-6-5-9-14(15(12)16)17-11-10-13-7-3-2-4-8-13/h5-7,9,17H,2-4,8,10-11,16H2,1H3. The Balaban J connectivity index is 1.85. The molecule has 17 heavy (non-hydrogen) atoms. The van der Waals surface area contributed by atoms with Crippen molar-refractivity contribution in [1.29, 1.82) is 0 Å². The largest absolute Gasteiger partial charge is 0.397 e. The van der Waals surface area contributed by atoms with Crippen molar-refractivity contribution in [3.8, 4) is 0 Å². The molecule has 0 bridgehead atoms. The van der Waals surface area contributed by atoms with E-state index in [9.17, 15) is 0 Å². The highest BCUT2D eigenvalue weighted by atomic mass is 14.9. The molecule has 0 saturated heterocycles. The summed E-state index contributed by atoms with van der Waals surface area (Å²) in [7, 11) is 0. The number of para-hydroxylation sites is 1. The van der Waals surface area contributed by atoms with E-state index in [-0.39, 0.29) is 0 Å². The number of anilines is 2. The van der Waals surface area contributed by atoms with Gasteiger partial charge in [0.25, 0.3) is 0 Å². The Morgan fingerprint density at radius 1 is 1.29 bits per heavy atom. The van der Waals surface area contributed by atoms with Crippen LogP contribution in [0.25, 0.3) is 0 Å². The number of nitrogen functional groups attached to an aromatic ring is 1. The molecular weight excluding hydrogens is 208 g/mol. The smallest absolute Gasteiger partial charge is 0.0579 e. The van der Waals surface area contributed by atoms with Crippen LogP contribution < -0.4 is 11.1 Å². The molecule has 0 radical (unpaired) electrons. The number of allylic oxidation sites excluding steroid dienone is 1. The Kier molecular flexibility index (Phi) is 4.08. The number of benzene rings is 1. The lowest BCUT2D eigenvalue weighted by atomic mass is 9.97. The molecule has 0 unspecified atom stereocenters. The van der Waals surface area contributed by atoms with Crippen LogP contribution in [0.15, 0.2) is 29.8 Å². The zero-order valence-corrected chi connectivity index (χ0v) is 10.6. The van der Waals surface area contributed by atoms with E-state index in [0.717, 1.165) is 29.9 Å². The van der Waals surface area contributed by atoms with Gasteiger partial charge in [0.05, 0.1) is 11.4 Å². The molecule has 2 heteroatoms. The van der Waals surface area contributed by atoms with Crippen molar-refractivity contribution >= 4 is 11.4 Å². The zero-order chi connectivity index (χ0) is 12.1. The maximum absolute atomic E-state index is 6.02. The van der Waals surface area contributed by atoms with Crippen LogP contribution in [-0.2, 0) is 0 Å². The van der Waals surface area contributed by atoms with Crippen LogP contribution in [0.1, 0.15) is 37.7 Å². The molecule has 1 aromatic carbocycles. The number of nitrogens with one attached hydrogen (secondary N) is 1. The minimum absolute atomic E-state index is 0.880. The van der Waals surface area contributed by atoms with Crippen molar-refractivity contribution in [2.24, 2.45) is 0 Å². The Bertz CT molecular complexity index is 407. The van der Waals surface area contributed by atoms with Gasteiger partial charge >= 0.3 is 0 Å². The number of aryl methyl sites for hydroxylation is 1. The zero-order valence-electron chi connectivity index (χ0n) is 10.6. The molecule has 0 fully saturated rings. The van der Waals surface area contributed by atoms with Gasteiger partial charge < -0.3 is 11.1 Å². The van der Waals surface area contributed by atoms with Crippen molar-refractivity contribution in [3.05, 3.63) is 35.4 Å². The van der Waals surface area contributed by atoms with E-state index in [1.165, 1.54) is 25.7 Å². The fourth-order valence-corrected chi connectivity index (χ4v) is 2.32. The fraction of sp³-hybridized carbons (Fsp3) is 0.467. The molecular formula is C15H22N2. The third-order valence-electron chi connectivity index (χ3n) is 3.47. The first-order valence-corrected chi connectivity index (χ1v) is 6.54. The lowest BCUT2D eigenvalue weighted by Crippen LogP contribution is -2.06. The van der Waals surface area contributed by atoms with E-state index in [0.29, 0.717) is 0 Å². The van der Waals surface area contributed by atoms with E-state index in [1.54, 1.807) is 5.57 Å². The molecule has 92 valence electrons. The molecule has 0 spiro atoms. The monoisotopic (exact) mass is 230 g/mol. The van der Waals surface area contributed by atoms with Crippen molar-refractivity contribution < 1.29 is 0 Å². The highest BCUT2D eigenvalue weighted by Crippen LogP contribution is 2.23. The summed E-state index contributed by atoms with van der Waals surface area (Å²) in [5.74, 6) is 0. The van der Waals surface area contributed by atoms with E-state index in [2.05, 4.69) is 17.5 Å². The van der Waals surface area contributed by atoms with Gasteiger partial charge in [-0.2, -0.15) is 0 Å². The molecule has 0 aliphatic heterocycles. The number of hydrogen-bond donors (Lipinski definition) is 2. The fourth-order valence-electron chi connectivity index (χ4n) is 2.32. The summed E-state index contributed by atoms with van der Waals surface area (Å²) in [6, 6.07) is 6.15. The van der Waals surface area contributed by atoms with Crippen molar-refractivity contribution in [3.63, 3.8) is 0 Å². The van der Waals surface area contributed by atoms with E-state index >= 15 is 0 Å². The topological polar surface area (TPSA) is 38.0 Å². The highest BCUT2D eigenvalue weighted by molar-refractivity contribution is 5.69. The van der Waals surface area contributed by atoms with Gasteiger partial charge in [-0.05, 0) is 50.7 Å². The summed E-state index contributed by atoms with van der Waals surface area (Å²) in [4.78, 5) is 0. The highest BCUT2D eigenvalue weighted by Gasteiger charge is 2.04. The third-order valence-corrected chi connectivity index (χ3v) is 3.47. The average molecular weight is 230 g/mol. The number of hydrogen-bond acceptors (Lipinski definition) is 2.